The summed E-state index contributed by atoms with van der Waals surface area (Å²) in [4.78, 5) is 18.8. The van der Waals surface area contributed by atoms with Gasteiger partial charge in [-0.1, -0.05) is 67.8 Å². The number of nitrogens with zero attached hydrogens (tertiary/aromatic N) is 3. The molecule has 5 aromatic rings. The van der Waals surface area contributed by atoms with Crippen molar-refractivity contribution in [1.29, 1.82) is 0 Å². The van der Waals surface area contributed by atoms with E-state index >= 15 is 0 Å². The molecule has 9 heteroatoms. The number of alkyl halides is 3. The highest BCUT2D eigenvalue weighted by molar-refractivity contribution is 5.93. The summed E-state index contributed by atoms with van der Waals surface area (Å²) in [6, 6.07) is 29.5. The molecule has 1 aliphatic carbocycles. The summed E-state index contributed by atoms with van der Waals surface area (Å²) in [5.74, 6) is -0.412. The summed E-state index contributed by atoms with van der Waals surface area (Å²) in [5, 5.41) is 9.57. The van der Waals surface area contributed by atoms with Crippen molar-refractivity contribution >= 4 is 22.7 Å². The third kappa shape index (κ3) is 6.72. The highest BCUT2D eigenvalue weighted by Crippen LogP contribution is 2.36. The third-order valence-electron chi connectivity index (χ3n) is 8.09. The molecule has 6 rings (SSSR count). The Kier molecular flexibility index (Phi) is 8.28. The minimum absolute atomic E-state index is 0.211. The molecule has 0 amide bonds. The largest absolute Gasteiger partial charge is 0.573 e. The van der Waals surface area contributed by atoms with E-state index in [0.717, 1.165) is 59.4 Å². The molecule has 1 fully saturated rings. The van der Waals surface area contributed by atoms with E-state index in [1.807, 2.05) is 48.5 Å². The lowest BCUT2D eigenvalue weighted by molar-refractivity contribution is -0.274. The number of benzene rings is 4. The first kappa shape index (κ1) is 29.3. The van der Waals surface area contributed by atoms with E-state index in [1.165, 1.54) is 18.6 Å². The van der Waals surface area contributed by atoms with Gasteiger partial charge in [0.15, 0.2) is 0 Å². The highest BCUT2D eigenvalue weighted by Gasteiger charge is 2.31. The van der Waals surface area contributed by atoms with Gasteiger partial charge in [-0.05, 0) is 72.5 Å². The third-order valence-corrected chi connectivity index (χ3v) is 8.09. The van der Waals surface area contributed by atoms with Crippen molar-refractivity contribution in [3.63, 3.8) is 0 Å². The minimum atomic E-state index is -4.74. The van der Waals surface area contributed by atoms with Crippen molar-refractivity contribution in [1.82, 2.24) is 9.55 Å². The number of halogens is 3. The van der Waals surface area contributed by atoms with Gasteiger partial charge in [0.1, 0.15) is 11.6 Å². The fourth-order valence-electron chi connectivity index (χ4n) is 6.07. The summed E-state index contributed by atoms with van der Waals surface area (Å²) < 4.78 is 44.3. The molecule has 226 valence electrons. The van der Waals surface area contributed by atoms with Crippen molar-refractivity contribution in [3.05, 3.63) is 114 Å². The average molecular weight is 600 g/mol. The van der Waals surface area contributed by atoms with Gasteiger partial charge in [0.25, 0.3) is 0 Å². The number of carboxylic acids is 1. The molecule has 1 N–H and O–H groups in total. The first-order valence-corrected chi connectivity index (χ1v) is 14.7. The van der Waals surface area contributed by atoms with Crippen LogP contribution in [0.1, 0.15) is 59.6 Å². The standard InChI is InChI=1S/C35H32F3N3O3/c36-35(37,38)44-30-17-14-24(15-18-30)22-40(28-10-3-1-4-11-28)23-25-8-7-9-26(20-25)33-39-31-21-27(34(42)43)16-19-32(31)41(33)29-12-5-2-6-13-29/h1,3-4,7-11,14-21,29H,2,5-6,12-13,22-23H2,(H,42,43). The number of anilines is 1. The van der Waals surface area contributed by atoms with Crippen LogP contribution in [0.15, 0.2) is 97.1 Å². The monoisotopic (exact) mass is 599 g/mol. The van der Waals surface area contributed by atoms with Gasteiger partial charge in [-0.15, -0.1) is 13.2 Å². The molecule has 1 aliphatic rings. The van der Waals surface area contributed by atoms with E-state index in [2.05, 4.69) is 26.3 Å². The zero-order valence-corrected chi connectivity index (χ0v) is 24.0. The molecule has 0 atom stereocenters. The number of para-hydroxylation sites is 1. The van der Waals surface area contributed by atoms with Crippen molar-refractivity contribution in [2.24, 2.45) is 0 Å². The first-order valence-electron chi connectivity index (χ1n) is 14.7. The van der Waals surface area contributed by atoms with Gasteiger partial charge in [-0.2, -0.15) is 0 Å². The Morgan fingerprint density at radius 2 is 1.59 bits per heavy atom. The van der Waals surface area contributed by atoms with Crippen LogP contribution in [-0.4, -0.2) is 27.0 Å². The lowest BCUT2D eigenvalue weighted by Gasteiger charge is -2.27. The van der Waals surface area contributed by atoms with E-state index in [9.17, 15) is 23.1 Å². The Morgan fingerprint density at radius 3 is 2.30 bits per heavy atom. The second kappa shape index (κ2) is 12.4. The topological polar surface area (TPSA) is 67.6 Å². The molecular formula is C35H32F3N3O3. The second-order valence-corrected chi connectivity index (χ2v) is 11.2. The van der Waals surface area contributed by atoms with Gasteiger partial charge in [0, 0.05) is 30.4 Å². The van der Waals surface area contributed by atoms with E-state index < -0.39 is 12.3 Å². The molecule has 1 aromatic heterocycles. The van der Waals surface area contributed by atoms with Crippen LogP contribution in [-0.2, 0) is 13.1 Å². The van der Waals surface area contributed by atoms with Gasteiger partial charge < -0.3 is 19.3 Å². The van der Waals surface area contributed by atoms with Crippen LogP contribution in [0.5, 0.6) is 5.75 Å². The zero-order chi connectivity index (χ0) is 30.7. The summed E-state index contributed by atoms with van der Waals surface area (Å²) in [6.45, 7) is 1.02. The first-order chi connectivity index (χ1) is 21.2. The number of carbonyl (C=O) groups is 1. The van der Waals surface area contributed by atoms with E-state index in [4.69, 9.17) is 4.98 Å². The number of imidazole rings is 1. The molecule has 0 saturated heterocycles. The van der Waals surface area contributed by atoms with E-state index in [0.29, 0.717) is 18.6 Å². The van der Waals surface area contributed by atoms with Gasteiger partial charge in [-0.25, -0.2) is 9.78 Å². The van der Waals surface area contributed by atoms with Crippen LogP contribution >= 0.6 is 0 Å². The Hall–Kier alpha value is -4.79. The van der Waals surface area contributed by atoms with Gasteiger partial charge in [0.2, 0.25) is 0 Å². The Balaban J connectivity index is 1.33. The molecular weight excluding hydrogens is 567 g/mol. The SMILES string of the molecule is O=C(O)c1ccc2c(c1)nc(-c1cccc(CN(Cc3ccc(OC(F)(F)F)cc3)c3ccccc3)c1)n2C1CCCCC1. The molecule has 0 unspecified atom stereocenters. The summed E-state index contributed by atoms with van der Waals surface area (Å²) >= 11 is 0. The molecule has 0 aliphatic heterocycles. The molecule has 0 radical (unpaired) electrons. The molecule has 0 spiro atoms. The Bertz CT molecular complexity index is 1740. The van der Waals surface area contributed by atoms with Crippen molar-refractivity contribution < 1.29 is 27.8 Å². The maximum Gasteiger partial charge on any atom is 0.573 e. The van der Waals surface area contributed by atoms with Crippen LogP contribution in [0.3, 0.4) is 0 Å². The predicted molar refractivity (Wildman–Crippen MR) is 164 cm³/mol. The molecule has 4 aromatic carbocycles. The second-order valence-electron chi connectivity index (χ2n) is 11.2. The Labute approximate surface area is 253 Å². The fraction of sp³-hybridized carbons (Fsp3) is 0.257. The van der Waals surface area contributed by atoms with Crippen molar-refractivity contribution in [2.75, 3.05) is 4.90 Å². The van der Waals surface area contributed by atoms with E-state index in [-0.39, 0.29) is 17.4 Å². The maximum absolute atomic E-state index is 12.7. The number of hydrogen-bond acceptors (Lipinski definition) is 4. The summed E-state index contributed by atoms with van der Waals surface area (Å²) in [6.07, 6.45) is 0.864. The van der Waals surface area contributed by atoms with Crippen molar-refractivity contribution in [2.45, 2.75) is 57.6 Å². The van der Waals surface area contributed by atoms with E-state index in [1.54, 1.807) is 24.3 Å². The number of aromatic nitrogens is 2. The molecule has 1 saturated carbocycles. The quantitative estimate of drug-likeness (QED) is 0.183. The molecule has 44 heavy (non-hydrogen) atoms. The van der Waals surface area contributed by atoms with Crippen molar-refractivity contribution in [3.8, 4) is 17.1 Å². The van der Waals surface area contributed by atoms with Crippen LogP contribution < -0.4 is 9.64 Å². The van der Waals surface area contributed by atoms with Gasteiger partial charge in [0.05, 0.1) is 16.6 Å². The minimum Gasteiger partial charge on any atom is -0.478 e. The average Bonchev–Trinajstić information content (AvgIpc) is 3.41. The normalized spacial score (nSPS) is 14.1. The lowest BCUT2D eigenvalue weighted by Crippen LogP contribution is -2.22. The van der Waals surface area contributed by atoms with Crippen LogP contribution in [0.2, 0.25) is 0 Å². The number of hydrogen-bond donors (Lipinski definition) is 1. The highest BCUT2D eigenvalue weighted by atomic mass is 19.4. The number of fused-ring (bicyclic) bond motifs is 1. The number of ether oxygens (including phenoxy) is 1. The smallest absolute Gasteiger partial charge is 0.478 e. The Morgan fingerprint density at radius 1 is 0.864 bits per heavy atom. The zero-order valence-electron chi connectivity index (χ0n) is 24.0. The predicted octanol–water partition coefficient (Wildman–Crippen LogP) is 9.01. The maximum atomic E-state index is 12.7. The molecule has 0 bridgehead atoms. The van der Waals surface area contributed by atoms with Gasteiger partial charge in [-0.3, -0.25) is 0 Å². The van der Waals surface area contributed by atoms with Gasteiger partial charge >= 0.3 is 12.3 Å². The van der Waals surface area contributed by atoms with Crippen LogP contribution in [0.25, 0.3) is 22.4 Å². The lowest BCUT2D eigenvalue weighted by atomic mass is 9.94. The summed E-state index contributed by atoms with van der Waals surface area (Å²) in [7, 11) is 0. The molecule has 1 heterocycles. The molecule has 6 nitrogen and oxygen atoms in total. The fourth-order valence-corrected chi connectivity index (χ4v) is 6.07. The van der Waals surface area contributed by atoms with Crippen LogP contribution in [0, 0.1) is 0 Å². The number of aromatic carboxylic acids is 1. The number of carboxylic acid groups (broad SMARTS) is 1. The van der Waals surface area contributed by atoms with Crippen LogP contribution in [0.4, 0.5) is 18.9 Å². The number of rotatable bonds is 9. The summed E-state index contributed by atoms with van der Waals surface area (Å²) in [5.41, 5.74) is 5.62.